The van der Waals surface area contributed by atoms with Crippen LogP contribution in [0.5, 0.6) is 5.75 Å². The number of hydrogen-bond acceptors (Lipinski definition) is 3. The number of amides is 1. The Bertz CT molecular complexity index is 1020. The summed E-state index contributed by atoms with van der Waals surface area (Å²) in [7, 11) is 0. The third-order valence-electron chi connectivity index (χ3n) is 5.47. The molecule has 160 valence electrons. The van der Waals surface area contributed by atoms with Crippen molar-refractivity contribution in [1.29, 1.82) is 0 Å². The molecular weight excluding hydrogens is 408 g/mol. The molecule has 1 N–H and O–H groups in total. The molecule has 0 unspecified atom stereocenters. The fourth-order valence-corrected chi connectivity index (χ4v) is 4.03. The van der Waals surface area contributed by atoms with Crippen molar-refractivity contribution in [3.63, 3.8) is 0 Å². The molecule has 0 aromatic heterocycles. The number of likely N-dealkylation sites (tertiary alicyclic amines) is 1. The van der Waals surface area contributed by atoms with Crippen LogP contribution < -0.4 is 10.1 Å². The lowest BCUT2D eigenvalue weighted by Crippen LogP contribution is -2.24. The molecule has 1 saturated heterocycles. The first-order chi connectivity index (χ1) is 15.2. The summed E-state index contributed by atoms with van der Waals surface area (Å²) in [5, 5.41) is 3.52. The van der Waals surface area contributed by atoms with E-state index < -0.39 is 0 Å². The second-order valence-corrected chi connectivity index (χ2v) is 8.34. The lowest BCUT2D eigenvalue weighted by atomic mass is 10.1. The maximum atomic E-state index is 12.9. The highest BCUT2D eigenvalue weighted by atomic mass is 35.5. The maximum absolute atomic E-state index is 12.9. The van der Waals surface area contributed by atoms with E-state index in [4.69, 9.17) is 16.3 Å². The Morgan fingerprint density at radius 2 is 1.65 bits per heavy atom. The molecule has 4 rings (SSSR count). The van der Waals surface area contributed by atoms with Crippen LogP contribution in [0.15, 0.2) is 72.8 Å². The zero-order chi connectivity index (χ0) is 21.5. The van der Waals surface area contributed by atoms with Crippen LogP contribution in [-0.2, 0) is 19.7 Å². The summed E-state index contributed by atoms with van der Waals surface area (Å²) >= 11 is 6.16. The molecular formula is C26H27ClN2O2. The monoisotopic (exact) mass is 434 g/mol. The van der Waals surface area contributed by atoms with Crippen molar-refractivity contribution in [3.8, 4) is 5.75 Å². The number of carbonyl (C=O) groups excluding carboxylic acids is 1. The molecule has 0 saturated carbocycles. The van der Waals surface area contributed by atoms with E-state index in [0.717, 1.165) is 17.7 Å². The summed E-state index contributed by atoms with van der Waals surface area (Å²) in [6.45, 7) is 4.15. The molecule has 0 aliphatic carbocycles. The van der Waals surface area contributed by atoms with Gasteiger partial charge in [0, 0.05) is 18.1 Å². The topological polar surface area (TPSA) is 41.6 Å². The minimum absolute atomic E-state index is 0.199. The minimum atomic E-state index is -0.199. The molecule has 1 aliphatic rings. The molecule has 0 atom stereocenters. The van der Waals surface area contributed by atoms with E-state index in [0.29, 0.717) is 29.5 Å². The van der Waals surface area contributed by atoms with E-state index in [1.54, 1.807) is 18.2 Å². The zero-order valence-electron chi connectivity index (χ0n) is 17.5. The standard InChI is InChI=1S/C26H27ClN2O2/c27-23-11-12-25(31-19-20-7-2-1-3-8-20)24(16-23)26(30)28-17-21-9-6-10-22(15-21)18-29-13-4-5-14-29/h1-3,6-12,15-16H,4-5,13-14,17-19H2,(H,28,30). The van der Waals surface area contributed by atoms with Crippen LogP contribution in [0.1, 0.15) is 39.9 Å². The van der Waals surface area contributed by atoms with Crippen molar-refractivity contribution in [3.05, 3.63) is 100 Å². The Hall–Kier alpha value is -2.82. The molecule has 3 aromatic rings. The molecule has 1 heterocycles. The first kappa shape index (κ1) is 21.4. The summed E-state index contributed by atoms with van der Waals surface area (Å²) in [6.07, 6.45) is 2.56. The number of nitrogens with zero attached hydrogens (tertiary/aromatic N) is 1. The van der Waals surface area contributed by atoms with Crippen molar-refractivity contribution in [2.75, 3.05) is 13.1 Å². The van der Waals surface area contributed by atoms with Gasteiger partial charge in [-0.3, -0.25) is 9.69 Å². The maximum Gasteiger partial charge on any atom is 0.255 e. The van der Waals surface area contributed by atoms with Crippen LogP contribution in [0.25, 0.3) is 0 Å². The fourth-order valence-electron chi connectivity index (χ4n) is 3.86. The van der Waals surface area contributed by atoms with Gasteiger partial charge in [0.1, 0.15) is 12.4 Å². The van der Waals surface area contributed by atoms with E-state index >= 15 is 0 Å². The van der Waals surface area contributed by atoms with Crippen LogP contribution in [0.4, 0.5) is 0 Å². The highest BCUT2D eigenvalue weighted by Gasteiger charge is 2.15. The van der Waals surface area contributed by atoms with Gasteiger partial charge in [0.25, 0.3) is 5.91 Å². The molecule has 1 aliphatic heterocycles. The highest BCUT2D eigenvalue weighted by molar-refractivity contribution is 6.31. The van der Waals surface area contributed by atoms with Gasteiger partial charge in [0.05, 0.1) is 5.56 Å². The summed E-state index contributed by atoms with van der Waals surface area (Å²) in [5.74, 6) is 0.323. The van der Waals surface area contributed by atoms with Crippen molar-refractivity contribution >= 4 is 17.5 Å². The number of nitrogens with one attached hydrogen (secondary N) is 1. The van der Waals surface area contributed by atoms with Crippen LogP contribution in [0.2, 0.25) is 5.02 Å². The van der Waals surface area contributed by atoms with Gasteiger partial charge < -0.3 is 10.1 Å². The second-order valence-electron chi connectivity index (χ2n) is 7.90. The number of halogens is 1. The van der Waals surface area contributed by atoms with Crippen molar-refractivity contribution in [2.24, 2.45) is 0 Å². The average Bonchev–Trinajstić information content (AvgIpc) is 3.30. The zero-order valence-corrected chi connectivity index (χ0v) is 18.3. The van der Waals surface area contributed by atoms with Gasteiger partial charge in [-0.1, -0.05) is 66.2 Å². The van der Waals surface area contributed by atoms with Gasteiger partial charge in [-0.2, -0.15) is 0 Å². The van der Waals surface area contributed by atoms with Crippen molar-refractivity contribution < 1.29 is 9.53 Å². The van der Waals surface area contributed by atoms with E-state index in [1.807, 2.05) is 36.4 Å². The van der Waals surface area contributed by atoms with Gasteiger partial charge >= 0.3 is 0 Å². The molecule has 4 nitrogen and oxygen atoms in total. The SMILES string of the molecule is O=C(NCc1cccc(CN2CCCC2)c1)c1cc(Cl)ccc1OCc1ccccc1. The molecule has 5 heteroatoms. The molecule has 0 spiro atoms. The Balaban J connectivity index is 1.39. The predicted molar refractivity (Wildman–Crippen MR) is 124 cm³/mol. The Kier molecular flexibility index (Phi) is 7.23. The fraction of sp³-hybridized carbons (Fsp3) is 0.269. The lowest BCUT2D eigenvalue weighted by molar-refractivity contribution is 0.0946. The van der Waals surface area contributed by atoms with Crippen molar-refractivity contribution in [2.45, 2.75) is 32.5 Å². The number of rotatable bonds is 8. The average molecular weight is 435 g/mol. The Morgan fingerprint density at radius 3 is 2.45 bits per heavy atom. The smallest absolute Gasteiger partial charge is 0.255 e. The van der Waals surface area contributed by atoms with E-state index in [1.165, 1.54) is 31.5 Å². The second kappa shape index (κ2) is 10.5. The van der Waals surface area contributed by atoms with Gasteiger partial charge in [-0.05, 0) is 60.8 Å². The number of hydrogen-bond donors (Lipinski definition) is 1. The molecule has 3 aromatic carbocycles. The molecule has 0 radical (unpaired) electrons. The molecule has 1 fully saturated rings. The quantitative estimate of drug-likeness (QED) is 0.513. The van der Waals surface area contributed by atoms with Crippen LogP contribution in [0, 0.1) is 0 Å². The number of benzene rings is 3. The summed E-state index contributed by atoms with van der Waals surface area (Å²) < 4.78 is 5.92. The van der Waals surface area contributed by atoms with E-state index in [9.17, 15) is 4.79 Å². The first-order valence-corrected chi connectivity index (χ1v) is 11.1. The predicted octanol–water partition coefficient (Wildman–Crippen LogP) is 5.44. The van der Waals surface area contributed by atoms with Crippen LogP contribution in [0.3, 0.4) is 0 Å². The van der Waals surface area contributed by atoms with Gasteiger partial charge in [-0.25, -0.2) is 0 Å². The summed E-state index contributed by atoms with van der Waals surface area (Å²) in [6, 6.07) is 23.4. The molecule has 0 bridgehead atoms. The van der Waals surface area contributed by atoms with E-state index in [-0.39, 0.29) is 5.91 Å². The largest absolute Gasteiger partial charge is 0.488 e. The minimum Gasteiger partial charge on any atom is -0.488 e. The molecule has 1 amide bonds. The first-order valence-electron chi connectivity index (χ1n) is 10.7. The lowest BCUT2D eigenvalue weighted by Gasteiger charge is -2.15. The summed E-state index contributed by atoms with van der Waals surface area (Å²) in [4.78, 5) is 15.4. The van der Waals surface area contributed by atoms with Gasteiger partial charge in [0.15, 0.2) is 0 Å². The van der Waals surface area contributed by atoms with Gasteiger partial charge in [-0.15, -0.1) is 0 Å². The molecule has 31 heavy (non-hydrogen) atoms. The highest BCUT2D eigenvalue weighted by Crippen LogP contribution is 2.24. The Morgan fingerprint density at radius 1 is 0.903 bits per heavy atom. The van der Waals surface area contributed by atoms with Crippen LogP contribution >= 0.6 is 11.6 Å². The third-order valence-corrected chi connectivity index (χ3v) is 5.71. The normalized spacial score (nSPS) is 13.8. The van der Waals surface area contributed by atoms with E-state index in [2.05, 4.69) is 28.4 Å². The van der Waals surface area contributed by atoms with Gasteiger partial charge in [0.2, 0.25) is 0 Å². The van der Waals surface area contributed by atoms with Crippen LogP contribution in [-0.4, -0.2) is 23.9 Å². The summed E-state index contributed by atoms with van der Waals surface area (Å²) in [5.41, 5.74) is 3.84. The Labute approximate surface area is 188 Å². The van der Waals surface area contributed by atoms with Crippen molar-refractivity contribution in [1.82, 2.24) is 10.2 Å². The number of carbonyl (C=O) groups is 1. The number of ether oxygens (including phenoxy) is 1. The third kappa shape index (κ3) is 6.09.